The van der Waals surface area contributed by atoms with Crippen LogP contribution in [0.1, 0.15) is 61.6 Å². The standard InChI is InChI=1S/C16H25N3O3/c1-11(2)14-9-13(17-18(14)3)16(22)19-8-4-5-12(10-19)6-7-15(20)21/h9,11-12H,4-8,10H2,1-3H3,(H,20,21). The predicted molar refractivity (Wildman–Crippen MR) is 82.8 cm³/mol. The van der Waals surface area contributed by atoms with Gasteiger partial charge in [0.25, 0.3) is 5.91 Å². The van der Waals surface area contributed by atoms with Crippen molar-refractivity contribution in [1.29, 1.82) is 0 Å². The molecule has 0 radical (unpaired) electrons. The van der Waals surface area contributed by atoms with Crippen molar-refractivity contribution in [3.05, 3.63) is 17.5 Å². The number of aliphatic carboxylic acids is 1. The summed E-state index contributed by atoms with van der Waals surface area (Å²) in [6.45, 7) is 5.53. The molecule has 22 heavy (non-hydrogen) atoms. The summed E-state index contributed by atoms with van der Waals surface area (Å²) >= 11 is 0. The molecule has 1 aliphatic heterocycles. The average molecular weight is 307 g/mol. The van der Waals surface area contributed by atoms with Crippen LogP contribution in [0.3, 0.4) is 0 Å². The summed E-state index contributed by atoms with van der Waals surface area (Å²) in [5, 5.41) is 13.1. The van der Waals surface area contributed by atoms with E-state index in [9.17, 15) is 9.59 Å². The van der Waals surface area contributed by atoms with Crippen molar-refractivity contribution in [1.82, 2.24) is 14.7 Å². The van der Waals surface area contributed by atoms with Crippen molar-refractivity contribution >= 4 is 11.9 Å². The number of carboxylic acid groups (broad SMARTS) is 1. The van der Waals surface area contributed by atoms with Gasteiger partial charge in [0.15, 0.2) is 5.69 Å². The Bertz CT molecular complexity index is 551. The summed E-state index contributed by atoms with van der Waals surface area (Å²) in [6.07, 6.45) is 2.74. The van der Waals surface area contributed by atoms with Gasteiger partial charge in [0.05, 0.1) is 0 Å². The number of hydrogen-bond acceptors (Lipinski definition) is 3. The molecule has 1 N–H and O–H groups in total. The van der Waals surface area contributed by atoms with E-state index < -0.39 is 5.97 Å². The molecule has 0 bridgehead atoms. The lowest BCUT2D eigenvalue weighted by Crippen LogP contribution is -2.40. The molecule has 0 saturated carbocycles. The van der Waals surface area contributed by atoms with Crippen LogP contribution >= 0.6 is 0 Å². The third-order valence-electron chi connectivity index (χ3n) is 4.30. The molecule has 122 valence electrons. The Morgan fingerprint density at radius 2 is 2.18 bits per heavy atom. The highest BCUT2D eigenvalue weighted by Crippen LogP contribution is 2.23. The highest BCUT2D eigenvalue weighted by molar-refractivity contribution is 5.92. The van der Waals surface area contributed by atoms with E-state index in [0.29, 0.717) is 24.6 Å². The molecule has 2 rings (SSSR count). The fourth-order valence-corrected chi connectivity index (χ4v) is 3.10. The number of carbonyl (C=O) groups excluding carboxylic acids is 1. The van der Waals surface area contributed by atoms with Gasteiger partial charge in [0.2, 0.25) is 0 Å². The third-order valence-corrected chi connectivity index (χ3v) is 4.30. The molecule has 1 aromatic rings. The lowest BCUT2D eigenvalue weighted by molar-refractivity contribution is -0.137. The van der Waals surface area contributed by atoms with E-state index in [0.717, 1.165) is 25.1 Å². The maximum absolute atomic E-state index is 12.6. The molecular formula is C16H25N3O3. The molecule has 6 nitrogen and oxygen atoms in total. The number of hydrogen-bond donors (Lipinski definition) is 1. The van der Waals surface area contributed by atoms with Gasteiger partial charge in [-0.15, -0.1) is 0 Å². The van der Waals surface area contributed by atoms with E-state index in [1.54, 1.807) is 4.68 Å². The van der Waals surface area contributed by atoms with Crippen LogP contribution in [0.15, 0.2) is 6.07 Å². The van der Waals surface area contributed by atoms with Gasteiger partial charge in [-0.05, 0) is 37.2 Å². The van der Waals surface area contributed by atoms with Crippen LogP contribution in [-0.4, -0.2) is 44.8 Å². The van der Waals surface area contributed by atoms with Crippen LogP contribution in [0, 0.1) is 5.92 Å². The van der Waals surface area contributed by atoms with E-state index in [1.807, 2.05) is 18.0 Å². The summed E-state index contributed by atoms with van der Waals surface area (Å²) < 4.78 is 1.77. The van der Waals surface area contributed by atoms with Gasteiger partial charge in [-0.1, -0.05) is 13.8 Å². The SMILES string of the molecule is CC(C)c1cc(C(=O)N2CCCC(CCC(=O)O)C2)nn1C. The van der Waals surface area contributed by atoms with Crippen molar-refractivity contribution in [3.63, 3.8) is 0 Å². The van der Waals surface area contributed by atoms with Crippen molar-refractivity contribution in [3.8, 4) is 0 Å². The molecular weight excluding hydrogens is 282 g/mol. The first-order chi connectivity index (χ1) is 10.4. The van der Waals surface area contributed by atoms with Crippen LogP contribution in [0.5, 0.6) is 0 Å². The molecule has 1 saturated heterocycles. The number of piperidine rings is 1. The normalized spacial score (nSPS) is 18.7. The first-order valence-electron chi connectivity index (χ1n) is 7.93. The minimum Gasteiger partial charge on any atom is -0.481 e. The zero-order chi connectivity index (χ0) is 16.3. The number of aromatic nitrogens is 2. The van der Waals surface area contributed by atoms with Gasteiger partial charge in [0, 0.05) is 32.3 Å². The monoisotopic (exact) mass is 307 g/mol. The molecule has 6 heteroatoms. The minimum atomic E-state index is -0.769. The number of likely N-dealkylation sites (tertiary alicyclic amines) is 1. The van der Waals surface area contributed by atoms with Crippen LogP contribution in [-0.2, 0) is 11.8 Å². The van der Waals surface area contributed by atoms with Crippen LogP contribution in [0.4, 0.5) is 0 Å². The summed E-state index contributed by atoms with van der Waals surface area (Å²) in [4.78, 5) is 25.1. The minimum absolute atomic E-state index is 0.0393. The van der Waals surface area contributed by atoms with Crippen molar-refractivity contribution in [2.24, 2.45) is 13.0 Å². The Labute approximate surface area is 131 Å². The summed E-state index contributed by atoms with van der Waals surface area (Å²) in [5.74, 6) is -0.205. The van der Waals surface area contributed by atoms with Crippen molar-refractivity contribution in [2.75, 3.05) is 13.1 Å². The molecule has 1 atom stereocenters. The van der Waals surface area contributed by atoms with Crippen LogP contribution in [0.2, 0.25) is 0 Å². The van der Waals surface area contributed by atoms with E-state index in [-0.39, 0.29) is 18.2 Å². The highest BCUT2D eigenvalue weighted by atomic mass is 16.4. The number of nitrogens with zero attached hydrogens (tertiary/aromatic N) is 3. The molecule has 1 aromatic heterocycles. The Balaban J connectivity index is 2.02. The highest BCUT2D eigenvalue weighted by Gasteiger charge is 2.26. The summed E-state index contributed by atoms with van der Waals surface area (Å²) in [5.41, 5.74) is 1.54. The van der Waals surface area contributed by atoms with Crippen LogP contribution < -0.4 is 0 Å². The van der Waals surface area contributed by atoms with E-state index in [4.69, 9.17) is 5.11 Å². The average Bonchev–Trinajstić information content (AvgIpc) is 2.87. The Morgan fingerprint density at radius 1 is 1.45 bits per heavy atom. The van der Waals surface area contributed by atoms with Gasteiger partial charge in [-0.3, -0.25) is 14.3 Å². The Kier molecular flexibility index (Phi) is 5.21. The van der Waals surface area contributed by atoms with E-state index in [2.05, 4.69) is 18.9 Å². The number of carbonyl (C=O) groups is 2. The van der Waals surface area contributed by atoms with Gasteiger partial charge in [-0.25, -0.2) is 0 Å². The number of amides is 1. The summed E-state index contributed by atoms with van der Waals surface area (Å²) in [6, 6.07) is 1.87. The molecule has 1 unspecified atom stereocenters. The maximum atomic E-state index is 12.6. The smallest absolute Gasteiger partial charge is 0.303 e. The molecule has 0 spiro atoms. The van der Waals surface area contributed by atoms with Gasteiger partial charge >= 0.3 is 5.97 Å². The molecule has 0 aliphatic carbocycles. The topological polar surface area (TPSA) is 75.4 Å². The van der Waals surface area contributed by atoms with Crippen molar-refractivity contribution in [2.45, 2.75) is 45.4 Å². The van der Waals surface area contributed by atoms with Gasteiger partial charge in [0.1, 0.15) is 0 Å². The Morgan fingerprint density at radius 3 is 2.77 bits per heavy atom. The number of carboxylic acids is 1. The second-order valence-corrected chi connectivity index (χ2v) is 6.42. The van der Waals surface area contributed by atoms with Crippen LogP contribution in [0.25, 0.3) is 0 Å². The quantitative estimate of drug-likeness (QED) is 0.905. The predicted octanol–water partition coefficient (Wildman–Crippen LogP) is 2.26. The molecule has 2 heterocycles. The Hall–Kier alpha value is -1.85. The van der Waals surface area contributed by atoms with E-state index in [1.165, 1.54) is 0 Å². The molecule has 0 aromatic carbocycles. The number of rotatable bonds is 5. The zero-order valence-corrected chi connectivity index (χ0v) is 13.6. The zero-order valence-electron chi connectivity index (χ0n) is 13.6. The molecule has 1 aliphatic rings. The first-order valence-corrected chi connectivity index (χ1v) is 7.93. The molecule has 1 amide bonds. The second kappa shape index (κ2) is 6.94. The largest absolute Gasteiger partial charge is 0.481 e. The third kappa shape index (κ3) is 3.87. The first kappa shape index (κ1) is 16.5. The lowest BCUT2D eigenvalue weighted by Gasteiger charge is -2.32. The lowest BCUT2D eigenvalue weighted by atomic mass is 9.93. The fourth-order valence-electron chi connectivity index (χ4n) is 3.10. The maximum Gasteiger partial charge on any atom is 0.303 e. The van der Waals surface area contributed by atoms with Gasteiger partial charge in [-0.2, -0.15) is 5.10 Å². The molecule has 1 fully saturated rings. The fraction of sp³-hybridized carbons (Fsp3) is 0.688. The van der Waals surface area contributed by atoms with E-state index >= 15 is 0 Å². The van der Waals surface area contributed by atoms with Crippen molar-refractivity contribution < 1.29 is 14.7 Å². The number of aryl methyl sites for hydroxylation is 1. The van der Waals surface area contributed by atoms with Gasteiger partial charge < -0.3 is 10.0 Å². The summed E-state index contributed by atoms with van der Waals surface area (Å²) in [7, 11) is 1.86. The second-order valence-electron chi connectivity index (χ2n) is 6.42.